The van der Waals surface area contributed by atoms with Crippen molar-refractivity contribution in [1.82, 2.24) is 20.2 Å². The minimum atomic E-state index is -0.233. The van der Waals surface area contributed by atoms with Crippen LogP contribution in [0.2, 0.25) is 0 Å². The van der Waals surface area contributed by atoms with E-state index in [1.165, 1.54) is 6.20 Å². The number of carbonyl (C=O) groups excluding carboxylic acids is 2. The summed E-state index contributed by atoms with van der Waals surface area (Å²) in [5.74, 6) is -0.352. The molecule has 1 aromatic rings. The van der Waals surface area contributed by atoms with E-state index < -0.39 is 0 Å². The highest BCUT2D eigenvalue weighted by Crippen LogP contribution is 2.04. The maximum absolute atomic E-state index is 12.6. The molecule has 0 aliphatic rings. The fraction of sp³-hybridized carbons (Fsp3) is 0.625. The normalized spacial score (nSPS) is 10.5. The number of aromatic nitrogens is 2. The molecule has 134 valence electrons. The molecule has 0 aliphatic carbocycles. The van der Waals surface area contributed by atoms with E-state index in [4.69, 9.17) is 9.47 Å². The molecule has 1 heterocycles. The van der Waals surface area contributed by atoms with Crippen molar-refractivity contribution >= 4 is 11.8 Å². The van der Waals surface area contributed by atoms with Gasteiger partial charge in [-0.2, -0.15) is 0 Å². The second-order valence-corrected chi connectivity index (χ2v) is 5.27. The minimum Gasteiger partial charge on any atom is -0.385 e. The predicted octanol–water partition coefficient (Wildman–Crippen LogP) is 0.416. The lowest BCUT2D eigenvalue weighted by atomic mass is 10.2. The first-order valence-electron chi connectivity index (χ1n) is 7.91. The average Bonchev–Trinajstić information content (AvgIpc) is 2.58. The molecular formula is C16H26N4O4. The summed E-state index contributed by atoms with van der Waals surface area (Å²) in [6.07, 6.45) is 3.92. The first-order chi connectivity index (χ1) is 11.6. The number of nitrogens with zero attached hydrogens (tertiary/aromatic N) is 3. The first kappa shape index (κ1) is 20.0. The number of ether oxygens (including phenoxy) is 2. The first-order valence-corrected chi connectivity index (χ1v) is 7.91. The number of nitrogens with one attached hydrogen (secondary N) is 1. The van der Waals surface area contributed by atoms with E-state index in [1.807, 2.05) is 6.92 Å². The molecular weight excluding hydrogens is 312 g/mol. The Hall–Kier alpha value is -2.06. The van der Waals surface area contributed by atoms with Gasteiger partial charge in [-0.15, -0.1) is 0 Å². The highest BCUT2D eigenvalue weighted by Gasteiger charge is 2.18. The van der Waals surface area contributed by atoms with Gasteiger partial charge in [0.25, 0.3) is 5.91 Å². The predicted molar refractivity (Wildman–Crippen MR) is 88.7 cm³/mol. The molecule has 0 saturated carbocycles. The average molecular weight is 338 g/mol. The Kier molecular flexibility index (Phi) is 9.55. The zero-order valence-electron chi connectivity index (χ0n) is 14.6. The van der Waals surface area contributed by atoms with Crippen LogP contribution < -0.4 is 5.32 Å². The third-order valence-electron chi connectivity index (χ3n) is 3.30. The van der Waals surface area contributed by atoms with Crippen molar-refractivity contribution in [2.24, 2.45) is 0 Å². The van der Waals surface area contributed by atoms with Crippen LogP contribution in [0.25, 0.3) is 0 Å². The fourth-order valence-corrected chi connectivity index (χ4v) is 2.00. The largest absolute Gasteiger partial charge is 0.385 e. The maximum atomic E-state index is 12.6. The Morgan fingerprint density at radius 2 is 1.88 bits per heavy atom. The van der Waals surface area contributed by atoms with Crippen LogP contribution >= 0.6 is 0 Å². The Morgan fingerprint density at radius 1 is 1.12 bits per heavy atom. The molecule has 0 aliphatic heterocycles. The van der Waals surface area contributed by atoms with Gasteiger partial charge in [0.1, 0.15) is 5.69 Å². The quantitative estimate of drug-likeness (QED) is 0.588. The standard InChI is InChI=1S/C16H26N4O4/c1-13-11-19-14(12-18-13)16(22)20(7-4-9-23-2)8-5-15(21)17-6-10-24-3/h11-12H,4-10H2,1-3H3,(H,17,21). The second kappa shape index (κ2) is 11.5. The number of rotatable bonds is 11. The molecule has 0 fully saturated rings. The third-order valence-corrected chi connectivity index (χ3v) is 3.30. The summed E-state index contributed by atoms with van der Waals surface area (Å²) in [4.78, 5) is 34.2. The number of amides is 2. The monoisotopic (exact) mass is 338 g/mol. The third kappa shape index (κ3) is 7.47. The molecule has 0 unspecified atom stereocenters. The summed E-state index contributed by atoms with van der Waals surface area (Å²) >= 11 is 0. The molecule has 0 aromatic carbocycles. The summed E-state index contributed by atoms with van der Waals surface area (Å²) in [5, 5.41) is 2.74. The number of hydrogen-bond donors (Lipinski definition) is 1. The molecule has 0 spiro atoms. The van der Waals surface area contributed by atoms with Gasteiger partial charge in [-0.1, -0.05) is 0 Å². The van der Waals surface area contributed by atoms with Crippen LogP contribution in [0.3, 0.4) is 0 Å². The molecule has 0 bridgehead atoms. The van der Waals surface area contributed by atoms with E-state index in [0.717, 1.165) is 5.69 Å². The molecule has 1 rings (SSSR count). The molecule has 8 nitrogen and oxygen atoms in total. The van der Waals surface area contributed by atoms with Crippen LogP contribution in [-0.2, 0) is 14.3 Å². The van der Waals surface area contributed by atoms with Gasteiger partial charge in [-0.25, -0.2) is 4.98 Å². The van der Waals surface area contributed by atoms with E-state index >= 15 is 0 Å². The second-order valence-electron chi connectivity index (χ2n) is 5.27. The number of aryl methyl sites for hydroxylation is 1. The van der Waals surface area contributed by atoms with Gasteiger partial charge in [0, 0.05) is 53.1 Å². The van der Waals surface area contributed by atoms with Crippen LogP contribution in [0, 0.1) is 6.92 Å². The van der Waals surface area contributed by atoms with Gasteiger partial charge < -0.3 is 19.7 Å². The van der Waals surface area contributed by atoms with Crippen molar-refractivity contribution < 1.29 is 19.1 Å². The van der Waals surface area contributed by atoms with Gasteiger partial charge in [0.15, 0.2) is 0 Å². The minimum absolute atomic E-state index is 0.119. The van der Waals surface area contributed by atoms with E-state index in [9.17, 15) is 9.59 Å². The van der Waals surface area contributed by atoms with Crippen LogP contribution in [0.4, 0.5) is 0 Å². The van der Waals surface area contributed by atoms with E-state index in [-0.39, 0.29) is 23.9 Å². The Bertz CT molecular complexity index is 507. The summed E-state index contributed by atoms with van der Waals surface area (Å²) in [7, 11) is 3.19. The van der Waals surface area contributed by atoms with Gasteiger partial charge in [-0.05, 0) is 13.3 Å². The van der Waals surface area contributed by atoms with Gasteiger partial charge in [0.05, 0.1) is 18.5 Å². The van der Waals surface area contributed by atoms with Crippen molar-refractivity contribution in [2.75, 3.05) is 47.1 Å². The highest BCUT2D eigenvalue weighted by molar-refractivity contribution is 5.92. The Morgan fingerprint density at radius 3 is 2.50 bits per heavy atom. The van der Waals surface area contributed by atoms with Crippen LogP contribution in [0.15, 0.2) is 12.4 Å². The zero-order chi connectivity index (χ0) is 17.8. The molecule has 24 heavy (non-hydrogen) atoms. The number of hydrogen-bond acceptors (Lipinski definition) is 6. The summed E-state index contributed by atoms with van der Waals surface area (Å²) in [6, 6.07) is 0. The molecule has 0 atom stereocenters. The number of carbonyl (C=O) groups is 2. The molecule has 0 radical (unpaired) electrons. The maximum Gasteiger partial charge on any atom is 0.274 e. The molecule has 8 heteroatoms. The molecule has 0 saturated heterocycles. The van der Waals surface area contributed by atoms with Gasteiger partial charge in [-0.3, -0.25) is 14.6 Å². The van der Waals surface area contributed by atoms with Crippen molar-refractivity contribution in [3.05, 3.63) is 23.8 Å². The van der Waals surface area contributed by atoms with Crippen LogP contribution in [0.5, 0.6) is 0 Å². The topological polar surface area (TPSA) is 93.7 Å². The highest BCUT2D eigenvalue weighted by atomic mass is 16.5. The van der Waals surface area contributed by atoms with Crippen molar-refractivity contribution in [2.45, 2.75) is 19.8 Å². The molecule has 1 N–H and O–H groups in total. The van der Waals surface area contributed by atoms with Crippen LogP contribution in [-0.4, -0.2) is 73.7 Å². The fourth-order valence-electron chi connectivity index (χ4n) is 2.00. The molecule has 2 amide bonds. The summed E-state index contributed by atoms with van der Waals surface area (Å²) < 4.78 is 9.91. The van der Waals surface area contributed by atoms with E-state index in [1.54, 1.807) is 25.3 Å². The van der Waals surface area contributed by atoms with Gasteiger partial charge in [0.2, 0.25) is 5.91 Å². The van der Waals surface area contributed by atoms with Gasteiger partial charge >= 0.3 is 0 Å². The Labute approximate surface area is 142 Å². The smallest absolute Gasteiger partial charge is 0.274 e. The number of methoxy groups -OCH3 is 2. The van der Waals surface area contributed by atoms with Crippen molar-refractivity contribution in [3.63, 3.8) is 0 Å². The summed E-state index contributed by atoms with van der Waals surface area (Å²) in [5.41, 5.74) is 1.02. The zero-order valence-corrected chi connectivity index (χ0v) is 14.6. The Balaban J connectivity index is 2.60. The van der Waals surface area contributed by atoms with E-state index in [0.29, 0.717) is 39.3 Å². The summed E-state index contributed by atoms with van der Waals surface area (Å²) in [6.45, 7) is 4.08. The van der Waals surface area contributed by atoms with E-state index in [2.05, 4.69) is 15.3 Å². The van der Waals surface area contributed by atoms with Crippen molar-refractivity contribution in [3.8, 4) is 0 Å². The lowest BCUT2D eigenvalue weighted by molar-refractivity contribution is -0.121. The SMILES string of the molecule is COCCCN(CCC(=O)NCCOC)C(=O)c1cnc(C)cn1. The lowest BCUT2D eigenvalue weighted by Crippen LogP contribution is -2.37. The van der Waals surface area contributed by atoms with Crippen molar-refractivity contribution in [1.29, 1.82) is 0 Å². The lowest BCUT2D eigenvalue weighted by Gasteiger charge is -2.22. The molecule has 1 aromatic heterocycles. The van der Waals surface area contributed by atoms with Crippen LogP contribution in [0.1, 0.15) is 29.0 Å².